The van der Waals surface area contributed by atoms with Crippen LogP contribution in [0.25, 0.3) is 0 Å². The summed E-state index contributed by atoms with van der Waals surface area (Å²) in [6, 6.07) is 21.3. The quantitative estimate of drug-likeness (QED) is 0.501. The number of benzene rings is 2. The summed E-state index contributed by atoms with van der Waals surface area (Å²) in [6.07, 6.45) is 7.27. The van der Waals surface area contributed by atoms with Crippen LogP contribution in [0.1, 0.15) is 30.9 Å². The molecule has 164 valence electrons. The van der Waals surface area contributed by atoms with E-state index in [9.17, 15) is 4.79 Å². The van der Waals surface area contributed by atoms with Crippen LogP contribution in [0.2, 0.25) is 0 Å². The highest BCUT2D eigenvalue weighted by Gasteiger charge is 2.42. The summed E-state index contributed by atoms with van der Waals surface area (Å²) in [5.74, 6) is -0.123. The van der Waals surface area contributed by atoms with Gasteiger partial charge in [-0.05, 0) is 37.3 Å². The Morgan fingerprint density at radius 3 is 2.29 bits per heavy atom. The molecule has 2 aliphatic rings. The van der Waals surface area contributed by atoms with Crippen LogP contribution in [0.4, 0.5) is 0 Å². The molecule has 0 saturated carbocycles. The van der Waals surface area contributed by atoms with E-state index < -0.39 is 5.41 Å². The number of hydrogen-bond acceptors (Lipinski definition) is 4. The predicted octanol–water partition coefficient (Wildman–Crippen LogP) is 4.07. The zero-order valence-corrected chi connectivity index (χ0v) is 18.6. The van der Waals surface area contributed by atoms with Gasteiger partial charge in [-0.2, -0.15) is 0 Å². The molecular weight excluding hydrogens is 384 g/mol. The van der Waals surface area contributed by atoms with Gasteiger partial charge in [-0.3, -0.25) is 9.69 Å². The molecule has 0 bridgehead atoms. The Labute approximate surface area is 186 Å². The molecule has 0 spiro atoms. The summed E-state index contributed by atoms with van der Waals surface area (Å²) in [5, 5.41) is 0. The van der Waals surface area contributed by atoms with E-state index in [0.29, 0.717) is 12.6 Å². The summed E-state index contributed by atoms with van der Waals surface area (Å²) >= 11 is 0. The number of carbonyl (C=O) groups is 1. The maximum Gasteiger partial charge on any atom is 0.320 e. The number of carbonyl (C=O) groups excluding carboxylic acids is 1. The van der Waals surface area contributed by atoms with Gasteiger partial charge in [0.05, 0.1) is 6.61 Å². The van der Waals surface area contributed by atoms with Crippen molar-refractivity contribution in [2.24, 2.45) is 0 Å². The van der Waals surface area contributed by atoms with Crippen molar-refractivity contribution in [3.8, 4) is 0 Å². The summed E-state index contributed by atoms with van der Waals surface area (Å²) in [5.41, 5.74) is 1.80. The van der Waals surface area contributed by atoms with Crippen molar-refractivity contribution in [3.05, 3.63) is 83.9 Å². The minimum Gasteiger partial charge on any atom is -0.465 e. The molecule has 2 aromatic rings. The maximum absolute atomic E-state index is 12.9. The molecule has 0 radical (unpaired) electrons. The molecule has 1 aliphatic heterocycles. The van der Waals surface area contributed by atoms with Gasteiger partial charge < -0.3 is 9.64 Å². The van der Waals surface area contributed by atoms with Crippen LogP contribution >= 0.6 is 0 Å². The van der Waals surface area contributed by atoms with E-state index in [1.165, 1.54) is 5.56 Å². The van der Waals surface area contributed by atoms with Crippen LogP contribution in [0, 0.1) is 0 Å². The summed E-state index contributed by atoms with van der Waals surface area (Å²) in [4.78, 5) is 18.1. The van der Waals surface area contributed by atoms with E-state index in [1.807, 2.05) is 37.3 Å². The van der Waals surface area contributed by atoms with Gasteiger partial charge in [0.25, 0.3) is 0 Å². The minimum absolute atomic E-state index is 0.123. The van der Waals surface area contributed by atoms with Crippen molar-refractivity contribution in [1.82, 2.24) is 9.80 Å². The van der Waals surface area contributed by atoms with Gasteiger partial charge in [0.2, 0.25) is 0 Å². The lowest BCUT2D eigenvalue weighted by Gasteiger charge is -2.42. The van der Waals surface area contributed by atoms with Gasteiger partial charge in [0.15, 0.2) is 0 Å². The van der Waals surface area contributed by atoms with Crippen molar-refractivity contribution in [1.29, 1.82) is 0 Å². The fourth-order valence-electron chi connectivity index (χ4n) is 4.91. The van der Waals surface area contributed by atoms with Gasteiger partial charge >= 0.3 is 5.97 Å². The van der Waals surface area contributed by atoms with Gasteiger partial charge in [-0.1, -0.05) is 72.8 Å². The van der Waals surface area contributed by atoms with Gasteiger partial charge in [-0.15, -0.1) is 0 Å². The monoisotopic (exact) mass is 418 g/mol. The molecule has 1 saturated heterocycles. The second-order valence-corrected chi connectivity index (χ2v) is 8.64. The number of esters is 1. The number of piperazine rings is 1. The molecule has 4 rings (SSSR count). The zero-order chi connectivity index (χ0) is 21.5. The lowest BCUT2D eigenvalue weighted by atomic mass is 9.72. The number of rotatable bonds is 7. The van der Waals surface area contributed by atoms with E-state index in [1.54, 1.807) is 0 Å². The van der Waals surface area contributed by atoms with E-state index in [0.717, 1.165) is 57.5 Å². The van der Waals surface area contributed by atoms with E-state index in [4.69, 9.17) is 4.74 Å². The molecule has 4 heteroatoms. The molecule has 2 atom stereocenters. The number of hydrogen-bond donors (Lipinski definition) is 0. The van der Waals surface area contributed by atoms with E-state index in [-0.39, 0.29) is 5.97 Å². The third kappa shape index (κ3) is 5.08. The third-order valence-corrected chi connectivity index (χ3v) is 6.80. The fraction of sp³-hybridized carbons (Fsp3) is 0.444. The van der Waals surface area contributed by atoms with Crippen molar-refractivity contribution in [2.45, 2.75) is 37.6 Å². The molecule has 4 nitrogen and oxygen atoms in total. The first-order valence-corrected chi connectivity index (χ1v) is 11.6. The Kier molecular flexibility index (Phi) is 7.21. The Morgan fingerprint density at radius 2 is 1.68 bits per heavy atom. The SMILES string of the molecule is CCOC(=O)C1(c2ccccc2)C=CC(N2CCN(CCc3ccccc3)CC2)CC1. The molecule has 1 fully saturated rings. The summed E-state index contributed by atoms with van der Waals surface area (Å²) in [6.45, 7) is 7.80. The summed E-state index contributed by atoms with van der Waals surface area (Å²) < 4.78 is 5.49. The van der Waals surface area contributed by atoms with Crippen LogP contribution in [0.3, 0.4) is 0 Å². The molecule has 0 aromatic heterocycles. The topological polar surface area (TPSA) is 32.8 Å². The molecule has 31 heavy (non-hydrogen) atoms. The molecule has 0 N–H and O–H groups in total. The first-order valence-electron chi connectivity index (χ1n) is 11.6. The molecule has 1 heterocycles. The van der Waals surface area contributed by atoms with Crippen molar-refractivity contribution in [2.75, 3.05) is 39.3 Å². The Hall–Kier alpha value is -2.43. The first kappa shape index (κ1) is 21.8. The highest BCUT2D eigenvalue weighted by molar-refractivity contribution is 5.86. The van der Waals surface area contributed by atoms with E-state index in [2.05, 4.69) is 52.3 Å². The average Bonchev–Trinajstić information content (AvgIpc) is 2.84. The van der Waals surface area contributed by atoms with Crippen LogP contribution < -0.4 is 0 Å². The lowest BCUT2D eigenvalue weighted by Crippen LogP contribution is -2.51. The maximum atomic E-state index is 12.9. The molecule has 1 aliphatic carbocycles. The van der Waals surface area contributed by atoms with Crippen LogP contribution in [0.5, 0.6) is 0 Å². The Morgan fingerprint density at radius 1 is 1.00 bits per heavy atom. The van der Waals surface area contributed by atoms with Crippen LogP contribution in [-0.2, 0) is 21.4 Å². The first-order chi connectivity index (χ1) is 15.2. The second kappa shape index (κ2) is 10.3. The van der Waals surface area contributed by atoms with Gasteiger partial charge in [-0.25, -0.2) is 0 Å². The van der Waals surface area contributed by atoms with Gasteiger partial charge in [0, 0.05) is 38.8 Å². The number of nitrogens with zero attached hydrogens (tertiary/aromatic N) is 2. The third-order valence-electron chi connectivity index (χ3n) is 6.80. The Balaban J connectivity index is 1.36. The van der Waals surface area contributed by atoms with Crippen molar-refractivity contribution >= 4 is 5.97 Å². The van der Waals surface area contributed by atoms with Crippen molar-refractivity contribution in [3.63, 3.8) is 0 Å². The smallest absolute Gasteiger partial charge is 0.320 e. The molecule has 0 amide bonds. The number of ether oxygens (including phenoxy) is 1. The molecule has 2 unspecified atom stereocenters. The average molecular weight is 419 g/mol. The second-order valence-electron chi connectivity index (χ2n) is 8.64. The van der Waals surface area contributed by atoms with Gasteiger partial charge in [0.1, 0.15) is 5.41 Å². The normalized spacial score (nSPS) is 24.7. The highest BCUT2D eigenvalue weighted by Crippen LogP contribution is 2.37. The summed E-state index contributed by atoms with van der Waals surface area (Å²) in [7, 11) is 0. The predicted molar refractivity (Wildman–Crippen MR) is 125 cm³/mol. The minimum atomic E-state index is -0.648. The highest BCUT2D eigenvalue weighted by atomic mass is 16.5. The van der Waals surface area contributed by atoms with Crippen molar-refractivity contribution < 1.29 is 9.53 Å². The van der Waals surface area contributed by atoms with Crippen LogP contribution in [0.15, 0.2) is 72.8 Å². The molecule has 2 aromatic carbocycles. The largest absolute Gasteiger partial charge is 0.465 e. The molecular formula is C27H34N2O2. The fourth-order valence-corrected chi connectivity index (χ4v) is 4.91. The standard InChI is InChI=1S/C27H34N2O2/c1-2-31-26(30)27(24-11-7-4-8-12-24)16-13-25(14-17-27)29-21-19-28(20-22-29)18-15-23-9-5-3-6-10-23/h3-13,16,25H,2,14-15,17-22H2,1H3. The van der Waals surface area contributed by atoms with Crippen LogP contribution in [-0.4, -0.2) is 61.1 Å². The zero-order valence-electron chi connectivity index (χ0n) is 18.6. The van der Waals surface area contributed by atoms with E-state index >= 15 is 0 Å². The lowest BCUT2D eigenvalue weighted by molar-refractivity contribution is -0.148. The Bertz CT molecular complexity index is 859.